The van der Waals surface area contributed by atoms with E-state index in [1.54, 1.807) is 60.7 Å². The van der Waals surface area contributed by atoms with E-state index >= 15 is 0 Å². The second-order valence-corrected chi connectivity index (χ2v) is 8.08. The van der Waals surface area contributed by atoms with Gasteiger partial charge in [0, 0.05) is 13.5 Å². The molecule has 29 heavy (non-hydrogen) atoms. The summed E-state index contributed by atoms with van der Waals surface area (Å²) in [5, 5.41) is 2.71. The van der Waals surface area contributed by atoms with Crippen molar-refractivity contribution in [1.29, 1.82) is 0 Å². The van der Waals surface area contributed by atoms with Crippen molar-refractivity contribution >= 4 is 21.6 Å². The fraction of sp³-hybridized carbons (Fsp3) is 0.136. The van der Waals surface area contributed by atoms with Crippen LogP contribution in [0.4, 0.5) is 5.69 Å². The van der Waals surface area contributed by atoms with Crippen molar-refractivity contribution in [3.63, 3.8) is 0 Å². The van der Waals surface area contributed by atoms with Gasteiger partial charge >= 0.3 is 0 Å². The van der Waals surface area contributed by atoms with Crippen LogP contribution >= 0.6 is 0 Å². The summed E-state index contributed by atoms with van der Waals surface area (Å²) in [7, 11) is -3.78. The predicted octanol–water partition coefficient (Wildman–Crippen LogP) is 3.96. The quantitative estimate of drug-likeness (QED) is 0.589. The standard InChI is InChI=1S/C22H22N2O4S/c1-17(25)23-16-15-18-11-13-20(14-12-18)29(26,27)24-21-9-5-6-10-22(21)28-19-7-3-2-4-8-19/h2-14,24H,15-16H2,1H3,(H,23,25). The number of hydrogen-bond acceptors (Lipinski definition) is 4. The van der Waals surface area contributed by atoms with E-state index in [2.05, 4.69) is 10.0 Å². The van der Waals surface area contributed by atoms with Crippen molar-refractivity contribution in [2.24, 2.45) is 0 Å². The van der Waals surface area contributed by atoms with Gasteiger partial charge in [-0.2, -0.15) is 0 Å². The van der Waals surface area contributed by atoms with E-state index in [1.807, 2.05) is 18.2 Å². The van der Waals surface area contributed by atoms with Crippen molar-refractivity contribution in [1.82, 2.24) is 5.32 Å². The molecule has 2 N–H and O–H groups in total. The maximum atomic E-state index is 12.8. The van der Waals surface area contributed by atoms with Crippen LogP contribution in [0.15, 0.2) is 83.8 Å². The Morgan fingerprint density at radius 3 is 2.24 bits per heavy atom. The molecule has 0 aliphatic heterocycles. The lowest BCUT2D eigenvalue weighted by atomic mass is 10.1. The van der Waals surface area contributed by atoms with E-state index in [-0.39, 0.29) is 10.8 Å². The molecular weight excluding hydrogens is 388 g/mol. The van der Waals surface area contributed by atoms with E-state index in [0.717, 1.165) is 5.56 Å². The summed E-state index contributed by atoms with van der Waals surface area (Å²) in [6.45, 7) is 1.96. The van der Waals surface area contributed by atoms with Crippen LogP contribution in [0.3, 0.4) is 0 Å². The molecule has 0 saturated heterocycles. The van der Waals surface area contributed by atoms with E-state index < -0.39 is 10.0 Å². The summed E-state index contributed by atoms with van der Waals surface area (Å²) >= 11 is 0. The SMILES string of the molecule is CC(=O)NCCc1ccc(S(=O)(=O)Nc2ccccc2Oc2ccccc2)cc1. The molecule has 0 unspecified atom stereocenters. The Labute approximate surface area is 170 Å². The van der Waals surface area contributed by atoms with E-state index in [4.69, 9.17) is 4.74 Å². The third-order valence-electron chi connectivity index (χ3n) is 4.12. The molecule has 0 radical (unpaired) electrons. The van der Waals surface area contributed by atoms with Crippen LogP contribution in [0, 0.1) is 0 Å². The molecule has 0 aliphatic rings. The number of ether oxygens (including phenoxy) is 1. The molecule has 0 heterocycles. The Bertz CT molecular complexity index is 1070. The van der Waals surface area contributed by atoms with Gasteiger partial charge in [0.25, 0.3) is 10.0 Å². The number of sulfonamides is 1. The van der Waals surface area contributed by atoms with Crippen LogP contribution in [0.2, 0.25) is 0 Å². The lowest BCUT2D eigenvalue weighted by Crippen LogP contribution is -2.22. The first-order chi connectivity index (χ1) is 13.9. The highest BCUT2D eigenvalue weighted by atomic mass is 32.2. The van der Waals surface area contributed by atoms with Crippen LogP contribution in [-0.2, 0) is 21.2 Å². The molecule has 0 bridgehead atoms. The first kappa shape index (κ1) is 20.4. The number of carbonyl (C=O) groups excluding carboxylic acids is 1. The van der Waals surface area contributed by atoms with Gasteiger partial charge in [-0.05, 0) is 48.4 Å². The van der Waals surface area contributed by atoms with Crippen LogP contribution in [0.1, 0.15) is 12.5 Å². The minimum Gasteiger partial charge on any atom is -0.455 e. The van der Waals surface area contributed by atoms with Crippen molar-refractivity contribution < 1.29 is 17.9 Å². The zero-order valence-corrected chi connectivity index (χ0v) is 16.8. The lowest BCUT2D eigenvalue weighted by Gasteiger charge is -2.13. The number of amides is 1. The highest BCUT2D eigenvalue weighted by Gasteiger charge is 2.16. The van der Waals surface area contributed by atoms with E-state index in [1.165, 1.54) is 6.92 Å². The third-order valence-corrected chi connectivity index (χ3v) is 5.51. The van der Waals surface area contributed by atoms with Crippen molar-refractivity contribution in [2.75, 3.05) is 11.3 Å². The average molecular weight is 410 g/mol. The molecule has 0 fully saturated rings. The lowest BCUT2D eigenvalue weighted by molar-refractivity contribution is -0.118. The second-order valence-electron chi connectivity index (χ2n) is 6.39. The number of hydrogen-bond donors (Lipinski definition) is 2. The normalized spacial score (nSPS) is 10.9. The summed E-state index contributed by atoms with van der Waals surface area (Å²) in [6, 6.07) is 22.6. The second kappa shape index (κ2) is 9.25. The molecule has 3 rings (SSSR count). The summed E-state index contributed by atoms with van der Waals surface area (Å²) in [5.41, 5.74) is 1.29. The van der Waals surface area contributed by atoms with Crippen LogP contribution in [0.5, 0.6) is 11.5 Å². The third kappa shape index (κ3) is 5.83. The summed E-state index contributed by atoms with van der Waals surface area (Å²) in [4.78, 5) is 11.1. The Morgan fingerprint density at radius 2 is 1.55 bits per heavy atom. The highest BCUT2D eigenvalue weighted by Crippen LogP contribution is 2.30. The number of para-hydroxylation sites is 3. The predicted molar refractivity (Wildman–Crippen MR) is 113 cm³/mol. The Kier molecular flexibility index (Phi) is 6.51. The van der Waals surface area contributed by atoms with Crippen molar-refractivity contribution in [3.05, 3.63) is 84.4 Å². The number of carbonyl (C=O) groups is 1. The zero-order chi connectivity index (χ0) is 20.7. The number of nitrogens with one attached hydrogen (secondary N) is 2. The van der Waals surface area contributed by atoms with Crippen LogP contribution in [-0.4, -0.2) is 20.9 Å². The molecular formula is C22H22N2O4S. The van der Waals surface area contributed by atoms with Crippen LogP contribution < -0.4 is 14.8 Å². The van der Waals surface area contributed by atoms with Gasteiger partial charge in [-0.3, -0.25) is 9.52 Å². The molecule has 6 nitrogen and oxygen atoms in total. The van der Waals surface area contributed by atoms with Crippen LogP contribution in [0.25, 0.3) is 0 Å². The van der Waals surface area contributed by atoms with Gasteiger partial charge in [-0.25, -0.2) is 8.42 Å². The van der Waals surface area contributed by atoms with Crippen molar-refractivity contribution in [3.8, 4) is 11.5 Å². The molecule has 0 atom stereocenters. The summed E-state index contributed by atoms with van der Waals surface area (Å²) in [6.07, 6.45) is 0.626. The van der Waals surface area contributed by atoms with Gasteiger partial charge in [0.1, 0.15) is 5.75 Å². The fourth-order valence-electron chi connectivity index (χ4n) is 2.68. The topological polar surface area (TPSA) is 84.5 Å². The van der Waals surface area contributed by atoms with Gasteiger partial charge in [-0.15, -0.1) is 0 Å². The molecule has 3 aromatic carbocycles. The van der Waals surface area contributed by atoms with Gasteiger partial charge in [0.05, 0.1) is 10.6 Å². The first-order valence-corrected chi connectivity index (χ1v) is 10.6. The first-order valence-electron chi connectivity index (χ1n) is 9.12. The van der Waals surface area contributed by atoms with Gasteiger partial charge in [0.15, 0.2) is 5.75 Å². The number of rotatable bonds is 8. The highest BCUT2D eigenvalue weighted by molar-refractivity contribution is 7.92. The maximum absolute atomic E-state index is 12.8. The average Bonchev–Trinajstić information content (AvgIpc) is 2.70. The molecule has 1 amide bonds. The fourth-order valence-corrected chi connectivity index (χ4v) is 3.75. The molecule has 3 aromatic rings. The largest absolute Gasteiger partial charge is 0.455 e. The minimum atomic E-state index is -3.78. The molecule has 0 aliphatic carbocycles. The molecule has 0 saturated carbocycles. The Balaban J connectivity index is 1.73. The Hall–Kier alpha value is -3.32. The van der Waals surface area contributed by atoms with Gasteiger partial charge in [-0.1, -0.05) is 42.5 Å². The molecule has 150 valence electrons. The zero-order valence-electron chi connectivity index (χ0n) is 16.0. The van der Waals surface area contributed by atoms with Gasteiger partial charge in [0.2, 0.25) is 5.91 Å². The Morgan fingerprint density at radius 1 is 0.897 bits per heavy atom. The number of benzene rings is 3. The number of anilines is 1. The van der Waals surface area contributed by atoms with E-state index in [9.17, 15) is 13.2 Å². The van der Waals surface area contributed by atoms with E-state index in [0.29, 0.717) is 30.2 Å². The smallest absolute Gasteiger partial charge is 0.262 e. The molecule has 0 aromatic heterocycles. The van der Waals surface area contributed by atoms with Gasteiger partial charge < -0.3 is 10.1 Å². The maximum Gasteiger partial charge on any atom is 0.262 e. The summed E-state index contributed by atoms with van der Waals surface area (Å²) in [5.74, 6) is 0.932. The van der Waals surface area contributed by atoms with Crippen molar-refractivity contribution in [2.45, 2.75) is 18.2 Å². The monoisotopic (exact) mass is 410 g/mol. The molecule has 7 heteroatoms. The molecule has 0 spiro atoms. The summed E-state index contributed by atoms with van der Waals surface area (Å²) < 4.78 is 34.0. The minimum absolute atomic E-state index is 0.0928.